The first-order valence-corrected chi connectivity index (χ1v) is 7.48. The topological polar surface area (TPSA) is 38.0 Å². The molecular formula is C17H17ClN2O. The molecule has 108 valence electrons. The number of aryl methyl sites for hydroxylation is 1. The van der Waals surface area contributed by atoms with Crippen LogP contribution in [0.25, 0.3) is 11.0 Å². The fraction of sp³-hybridized carbons (Fsp3) is 0.235. The zero-order valence-electron chi connectivity index (χ0n) is 11.9. The maximum absolute atomic E-state index is 9.95. The van der Waals surface area contributed by atoms with E-state index in [2.05, 4.69) is 11.5 Å². The van der Waals surface area contributed by atoms with E-state index in [1.165, 1.54) is 0 Å². The van der Waals surface area contributed by atoms with E-state index in [0.717, 1.165) is 35.4 Å². The summed E-state index contributed by atoms with van der Waals surface area (Å²) < 4.78 is 2.21. The number of aromatic hydroxyl groups is 1. The van der Waals surface area contributed by atoms with Crippen molar-refractivity contribution in [3.8, 4) is 5.75 Å². The number of rotatable bonds is 4. The number of nitrogens with zero attached hydrogens (tertiary/aromatic N) is 2. The molecule has 2 aromatic carbocycles. The van der Waals surface area contributed by atoms with Gasteiger partial charge in [-0.05, 0) is 30.7 Å². The Kier molecular flexibility index (Phi) is 3.84. The Bertz CT molecular complexity index is 780. The van der Waals surface area contributed by atoms with Gasteiger partial charge in [-0.3, -0.25) is 0 Å². The number of aromatic nitrogens is 2. The molecule has 0 unspecified atom stereocenters. The number of hydrogen-bond donors (Lipinski definition) is 1. The number of benzene rings is 2. The highest BCUT2D eigenvalue weighted by molar-refractivity contribution is 6.31. The Morgan fingerprint density at radius 1 is 1.19 bits per heavy atom. The second-order valence-corrected chi connectivity index (χ2v) is 5.55. The van der Waals surface area contributed by atoms with Crippen molar-refractivity contribution in [1.29, 1.82) is 0 Å². The maximum atomic E-state index is 9.95. The molecular weight excluding hydrogens is 284 g/mol. The molecule has 0 radical (unpaired) electrons. The van der Waals surface area contributed by atoms with Gasteiger partial charge in [0.2, 0.25) is 0 Å². The number of phenols is 1. The van der Waals surface area contributed by atoms with Gasteiger partial charge in [-0.15, -0.1) is 0 Å². The summed E-state index contributed by atoms with van der Waals surface area (Å²) in [7, 11) is 0. The predicted octanol–water partition coefficient (Wildman–Crippen LogP) is 4.40. The lowest BCUT2D eigenvalue weighted by atomic mass is 10.1. The molecule has 0 aliphatic heterocycles. The van der Waals surface area contributed by atoms with Crippen LogP contribution in [-0.2, 0) is 13.0 Å². The molecule has 0 saturated heterocycles. The van der Waals surface area contributed by atoms with Crippen molar-refractivity contribution >= 4 is 22.6 Å². The fourth-order valence-electron chi connectivity index (χ4n) is 2.59. The van der Waals surface area contributed by atoms with Crippen molar-refractivity contribution in [2.45, 2.75) is 26.3 Å². The van der Waals surface area contributed by atoms with Gasteiger partial charge in [0.05, 0.1) is 11.0 Å². The highest BCUT2D eigenvalue weighted by Crippen LogP contribution is 2.25. The third kappa shape index (κ3) is 2.74. The van der Waals surface area contributed by atoms with Crippen LogP contribution in [-0.4, -0.2) is 14.7 Å². The van der Waals surface area contributed by atoms with Crippen LogP contribution in [0.5, 0.6) is 5.75 Å². The zero-order chi connectivity index (χ0) is 14.8. The lowest BCUT2D eigenvalue weighted by Gasteiger charge is -2.08. The first-order chi connectivity index (χ1) is 10.2. The lowest BCUT2D eigenvalue weighted by Crippen LogP contribution is -2.04. The Morgan fingerprint density at radius 3 is 2.76 bits per heavy atom. The quantitative estimate of drug-likeness (QED) is 0.775. The van der Waals surface area contributed by atoms with Gasteiger partial charge in [0.1, 0.15) is 11.6 Å². The summed E-state index contributed by atoms with van der Waals surface area (Å²) in [6.45, 7) is 3.05. The Labute approximate surface area is 128 Å². The lowest BCUT2D eigenvalue weighted by molar-refractivity contribution is 0.468. The molecule has 21 heavy (non-hydrogen) atoms. The molecule has 3 rings (SSSR count). The van der Waals surface area contributed by atoms with Crippen molar-refractivity contribution in [2.24, 2.45) is 0 Å². The van der Waals surface area contributed by atoms with Gasteiger partial charge in [-0.2, -0.15) is 0 Å². The summed E-state index contributed by atoms with van der Waals surface area (Å²) in [5.74, 6) is 1.27. The second-order valence-electron chi connectivity index (χ2n) is 5.12. The van der Waals surface area contributed by atoms with E-state index in [4.69, 9.17) is 16.6 Å². The third-order valence-electron chi connectivity index (χ3n) is 3.58. The van der Waals surface area contributed by atoms with Crippen molar-refractivity contribution in [3.05, 3.63) is 58.9 Å². The van der Waals surface area contributed by atoms with Gasteiger partial charge in [0.15, 0.2) is 0 Å². The SMILES string of the molecule is CCCn1c(Cc2ccccc2O)nc2cc(Cl)ccc21. The van der Waals surface area contributed by atoms with Crippen molar-refractivity contribution in [1.82, 2.24) is 9.55 Å². The molecule has 0 bridgehead atoms. The summed E-state index contributed by atoms with van der Waals surface area (Å²) in [5.41, 5.74) is 2.88. The number of halogens is 1. The molecule has 0 aliphatic rings. The first-order valence-electron chi connectivity index (χ1n) is 7.10. The van der Waals surface area contributed by atoms with E-state index < -0.39 is 0 Å². The van der Waals surface area contributed by atoms with Gasteiger partial charge < -0.3 is 9.67 Å². The monoisotopic (exact) mass is 300 g/mol. The van der Waals surface area contributed by atoms with Crippen molar-refractivity contribution in [3.63, 3.8) is 0 Å². The molecule has 0 amide bonds. The van der Waals surface area contributed by atoms with Crippen LogP contribution in [0.4, 0.5) is 0 Å². The van der Waals surface area contributed by atoms with E-state index in [9.17, 15) is 5.11 Å². The minimum atomic E-state index is 0.311. The van der Waals surface area contributed by atoms with Crippen LogP contribution in [0.3, 0.4) is 0 Å². The average Bonchev–Trinajstić information content (AvgIpc) is 2.79. The van der Waals surface area contributed by atoms with Gasteiger partial charge in [-0.1, -0.05) is 36.7 Å². The summed E-state index contributed by atoms with van der Waals surface area (Å²) in [4.78, 5) is 4.70. The van der Waals surface area contributed by atoms with Crippen LogP contribution < -0.4 is 0 Å². The summed E-state index contributed by atoms with van der Waals surface area (Å²) in [5, 5.41) is 10.6. The molecule has 3 aromatic rings. The van der Waals surface area contributed by atoms with Gasteiger partial charge in [0.25, 0.3) is 0 Å². The Morgan fingerprint density at radius 2 is 2.00 bits per heavy atom. The normalized spacial score (nSPS) is 11.1. The van der Waals surface area contributed by atoms with Crippen LogP contribution >= 0.6 is 11.6 Å². The number of hydrogen-bond acceptors (Lipinski definition) is 2. The average molecular weight is 301 g/mol. The van der Waals surface area contributed by atoms with Crippen molar-refractivity contribution in [2.75, 3.05) is 0 Å². The third-order valence-corrected chi connectivity index (χ3v) is 3.81. The van der Waals surface area contributed by atoms with Crippen LogP contribution in [0.15, 0.2) is 42.5 Å². The summed E-state index contributed by atoms with van der Waals surface area (Å²) >= 11 is 6.05. The molecule has 3 nitrogen and oxygen atoms in total. The summed E-state index contributed by atoms with van der Waals surface area (Å²) in [6, 6.07) is 13.2. The molecule has 1 N–H and O–H groups in total. The van der Waals surface area contributed by atoms with Gasteiger partial charge >= 0.3 is 0 Å². The Balaban J connectivity index is 2.08. The van der Waals surface area contributed by atoms with Gasteiger partial charge in [0, 0.05) is 23.6 Å². The number of phenolic OH excluding ortho intramolecular Hbond substituents is 1. The van der Waals surface area contributed by atoms with E-state index in [0.29, 0.717) is 17.2 Å². The molecule has 1 aromatic heterocycles. The molecule has 4 heteroatoms. The first kappa shape index (κ1) is 14.0. The number of imidazole rings is 1. The van der Waals surface area contributed by atoms with E-state index in [-0.39, 0.29) is 0 Å². The van der Waals surface area contributed by atoms with Crippen LogP contribution in [0.2, 0.25) is 5.02 Å². The van der Waals surface area contributed by atoms with Crippen molar-refractivity contribution < 1.29 is 5.11 Å². The number of fused-ring (bicyclic) bond motifs is 1. The highest BCUT2D eigenvalue weighted by Gasteiger charge is 2.12. The van der Waals surface area contributed by atoms with Crippen LogP contribution in [0.1, 0.15) is 24.7 Å². The molecule has 0 atom stereocenters. The highest BCUT2D eigenvalue weighted by atomic mass is 35.5. The molecule has 1 heterocycles. The standard InChI is InChI=1S/C17H17ClN2O/c1-2-9-20-15-8-7-13(18)11-14(15)19-17(20)10-12-5-3-4-6-16(12)21/h3-8,11,21H,2,9-10H2,1H3. The number of para-hydroxylation sites is 1. The molecule has 0 spiro atoms. The Hall–Kier alpha value is -2.00. The zero-order valence-corrected chi connectivity index (χ0v) is 12.6. The molecule has 0 saturated carbocycles. The van der Waals surface area contributed by atoms with E-state index in [1.54, 1.807) is 6.07 Å². The minimum Gasteiger partial charge on any atom is -0.508 e. The molecule has 0 aliphatic carbocycles. The second kappa shape index (κ2) is 5.78. The maximum Gasteiger partial charge on any atom is 0.119 e. The molecule has 0 fully saturated rings. The van der Waals surface area contributed by atoms with E-state index in [1.807, 2.05) is 36.4 Å². The minimum absolute atomic E-state index is 0.311. The van der Waals surface area contributed by atoms with Crippen LogP contribution in [0, 0.1) is 0 Å². The predicted molar refractivity (Wildman–Crippen MR) is 85.9 cm³/mol. The largest absolute Gasteiger partial charge is 0.508 e. The smallest absolute Gasteiger partial charge is 0.119 e. The summed E-state index contributed by atoms with van der Waals surface area (Å²) in [6.07, 6.45) is 1.64. The van der Waals surface area contributed by atoms with E-state index >= 15 is 0 Å². The fourth-order valence-corrected chi connectivity index (χ4v) is 2.76. The van der Waals surface area contributed by atoms with Gasteiger partial charge in [-0.25, -0.2) is 4.98 Å².